The number of rotatable bonds is 7. The third-order valence-electron chi connectivity index (χ3n) is 4.42. The molecule has 144 valence electrons. The van der Waals surface area contributed by atoms with Gasteiger partial charge in [-0.2, -0.15) is 0 Å². The van der Waals surface area contributed by atoms with E-state index in [0.29, 0.717) is 24.3 Å². The fraction of sp³-hybridized carbons (Fsp3) is 0.579. The van der Waals surface area contributed by atoms with Crippen molar-refractivity contribution in [2.24, 2.45) is 5.92 Å². The molecule has 1 aliphatic heterocycles. The largest absolute Gasteiger partial charge is 0.481 e. The van der Waals surface area contributed by atoms with Gasteiger partial charge >= 0.3 is 0 Å². The molecule has 1 aromatic carbocycles. The lowest BCUT2D eigenvalue weighted by atomic mass is 10.1. The molecule has 1 amide bonds. The first-order valence-electron chi connectivity index (χ1n) is 8.87. The number of ketones is 1. The lowest BCUT2D eigenvalue weighted by Gasteiger charge is -2.32. The summed E-state index contributed by atoms with van der Waals surface area (Å²) in [4.78, 5) is 25.9. The minimum absolute atomic E-state index is 0.0193. The molecule has 0 bridgehead atoms. The Bertz CT molecular complexity index is 755. The van der Waals surface area contributed by atoms with Gasteiger partial charge in [0.15, 0.2) is 21.7 Å². The van der Waals surface area contributed by atoms with Crippen molar-refractivity contribution >= 4 is 21.5 Å². The maximum Gasteiger partial charge on any atom is 0.263 e. The van der Waals surface area contributed by atoms with Crippen LogP contribution >= 0.6 is 0 Å². The van der Waals surface area contributed by atoms with Gasteiger partial charge in [0.25, 0.3) is 5.91 Å². The molecule has 1 heterocycles. The fourth-order valence-electron chi connectivity index (χ4n) is 3.09. The Labute approximate surface area is 155 Å². The first-order valence-corrected chi connectivity index (χ1v) is 10.7. The zero-order valence-corrected chi connectivity index (χ0v) is 16.6. The summed E-state index contributed by atoms with van der Waals surface area (Å²) in [6.07, 6.45) is -0.263. The molecule has 0 spiro atoms. The van der Waals surface area contributed by atoms with Crippen LogP contribution in [-0.4, -0.2) is 55.2 Å². The predicted molar refractivity (Wildman–Crippen MR) is 100 cm³/mol. The van der Waals surface area contributed by atoms with Gasteiger partial charge in [-0.3, -0.25) is 9.59 Å². The molecule has 1 aliphatic rings. The lowest BCUT2D eigenvalue weighted by Crippen LogP contribution is -2.48. The highest BCUT2D eigenvalue weighted by Gasteiger charge is 2.36. The van der Waals surface area contributed by atoms with Crippen molar-refractivity contribution in [2.45, 2.75) is 46.3 Å². The molecule has 2 rings (SSSR count). The zero-order chi connectivity index (χ0) is 19.5. The Morgan fingerprint density at radius 3 is 2.27 bits per heavy atom. The zero-order valence-electron chi connectivity index (χ0n) is 15.8. The molecule has 0 radical (unpaired) electrons. The quantitative estimate of drug-likeness (QED) is 0.677. The summed E-state index contributed by atoms with van der Waals surface area (Å²) in [7, 11) is -3.07. The van der Waals surface area contributed by atoms with Crippen LogP contribution in [0.15, 0.2) is 24.3 Å². The second-order valence-electron chi connectivity index (χ2n) is 7.28. The van der Waals surface area contributed by atoms with Gasteiger partial charge in [-0.1, -0.05) is 13.8 Å². The van der Waals surface area contributed by atoms with E-state index in [1.54, 1.807) is 36.1 Å². The van der Waals surface area contributed by atoms with Crippen LogP contribution in [0.3, 0.4) is 0 Å². The number of Topliss-reactive ketones (excluding diaryl/α,β-unsaturated/α-hetero) is 1. The first kappa shape index (κ1) is 20.4. The highest BCUT2D eigenvalue weighted by atomic mass is 32.2. The molecule has 7 heteroatoms. The Morgan fingerprint density at radius 1 is 1.19 bits per heavy atom. The van der Waals surface area contributed by atoms with Gasteiger partial charge in [-0.05, 0) is 50.5 Å². The van der Waals surface area contributed by atoms with Crippen LogP contribution in [0.2, 0.25) is 0 Å². The summed E-state index contributed by atoms with van der Waals surface area (Å²) in [5, 5.41) is 0. The van der Waals surface area contributed by atoms with Crippen molar-refractivity contribution in [3.63, 3.8) is 0 Å². The first-order chi connectivity index (χ1) is 12.1. The van der Waals surface area contributed by atoms with E-state index in [4.69, 9.17) is 4.74 Å². The van der Waals surface area contributed by atoms with Crippen LogP contribution in [0.1, 0.15) is 44.5 Å². The SMILES string of the molecule is CC(=O)c1ccc(O[C@@H](C)C(=O)N(CC(C)C)[C@H]2CCS(=O)(=O)C2)cc1. The average Bonchev–Trinajstić information content (AvgIpc) is 2.92. The Morgan fingerprint density at radius 2 is 1.81 bits per heavy atom. The summed E-state index contributed by atoms with van der Waals surface area (Å²) < 4.78 is 29.3. The molecule has 0 aliphatic carbocycles. The van der Waals surface area contributed by atoms with Crippen molar-refractivity contribution in [3.8, 4) is 5.75 Å². The van der Waals surface area contributed by atoms with Crippen LogP contribution in [0.25, 0.3) is 0 Å². The predicted octanol–water partition coefficient (Wildman–Crippen LogP) is 2.33. The van der Waals surface area contributed by atoms with E-state index in [-0.39, 0.29) is 35.2 Å². The number of benzene rings is 1. The van der Waals surface area contributed by atoms with Crippen LogP contribution < -0.4 is 4.74 Å². The van der Waals surface area contributed by atoms with E-state index >= 15 is 0 Å². The van der Waals surface area contributed by atoms with Crippen molar-refractivity contribution in [1.29, 1.82) is 0 Å². The fourth-order valence-corrected chi connectivity index (χ4v) is 4.82. The van der Waals surface area contributed by atoms with Crippen LogP contribution in [0, 0.1) is 5.92 Å². The highest BCUT2D eigenvalue weighted by Crippen LogP contribution is 2.21. The monoisotopic (exact) mass is 381 g/mol. The van der Waals surface area contributed by atoms with E-state index in [1.807, 2.05) is 13.8 Å². The van der Waals surface area contributed by atoms with Gasteiger partial charge in [0.1, 0.15) is 5.75 Å². The standard InChI is InChI=1S/C19H27NO5S/c1-13(2)11-20(17-9-10-26(23,24)12-17)19(22)15(4)25-18-7-5-16(6-8-18)14(3)21/h5-8,13,15,17H,9-12H2,1-4H3/t15-,17-/m0/s1. The second kappa shape index (κ2) is 8.20. The third-order valence-corrected chi connectivity index (χ3v) is 6.17. The maximum atomic E-state index is 12.9. The van der Waals surface area contributed by atoms with E-state index < -0.39 is 15.9 Å². The molecule has 2 atom stereocenters. The Kier molecular flexibility index (Phi) is 6.44. The van der Waals surface area contributed by atoms with Crippen LogP contribution in [-0.2, 0) is 14.6 Å². The van der Waals surface area contributed by atoms with Crippen molar-refractivity contribution < 1.29 is 22.7 Å². The number of carbonyl (C=O) groups is 2. The van der Waals surface area contributed by atoms with Gasteiger partial charge in [0.2, 0.25) is 0 Å². The van der Waals surface area contributed by atoms with Gasteiger partial charge in [-0.15, -0.1) is 0 Å². The second-order valence-corrected chi connectivity index (χ2v) is 9.51. The van der Waals surface area contributed by atoms with E-state index in [9.17, 15) is 18.0 Å². The number of hydrogen-bond donors (Lipinski definition) is 0. The molecule has 1 fully saturated rings. The normalized spacial score (nSPS) is 20.0. The van der Waals surface area contributed by atoms with Crippen LogP contribution in [0.5, 0.6) is 5.75 Å². The van der Waals surface area contributed by atoms with E-state index in [2.05, 4.69) is 0 Å². The van der Waals surface area contributed by atoms with E-state index in [1.165, 1.54) is 6.92 Å². The molecule has 0 N–H and O–H groups in total. The Hall–Kier alpha value is -1.89. The van der Waals surface area contributed by atoms with Crippen molar-refractivity contribution in [2.75, 3.05) is 18.1 Å². The summed E-state index contributed by atoms with van der Waals surface area (Å²) in [6.45, 7) is 7.64. The molecule has 6 nitrogen and oxygen atoms in total. The maximum absolute atomic E-state index is 12.9. The molecular formula is C19H27NO5S. The number of sulfone groups is 1. The number of ether oxygens (including phenoxy) is 1. The third kappa shape index (κ3) is 5.30. The van der Waals surface area contributed by atoms with Gasteiger partial charge in [-0.25, -0.2) is 8.42 Å². The Balaban J connectivity index is 2.10. The molecule has 1 saturated heterocycles. The molecule has 0 unspecified atom stereocenters. The van der Waals surface area contributed by atoms with Gasteiger partial charge in [0.05, 0.1) is 11.5 Å². The number of carbonyl (C=O) groups excluding carboxylic acids is 2. The summed E-state index contributed by atoms with van der Waals surface area (Å²) in [5.41, 5.74) is 0.578. The molecule has 0 saturated carbocycles. The molecule has 1 aromatic rings. The highest BCUT2D eigenvalue weighted by molar-refractivity contribution is 7.91. The minimum atomic E-state index is -3.07. The smallest absolute Gasteiger partial charge is 0.263 e. The minimum Gasteiger partial charge on any atom is -0.481 e. The van der Waals surface area contributed by atoms with E-state index in [0.717, 1.165) is 0 Å². The van der Waals surface area contributed by atoms with Crippen LogP contribution in [0.4, 0.5) is 0 Å². The van der Waals surface area contributed by atoms with Gasteiger partial charge in [0, 0.05) is 18.2 Å². The molecule has 0 aromatic heterocycles. The topological polar surface area (TPSA) is 80.8 Å². The average molecular weight is 381 g/mol. The number of hydrogen-bond acceptors (Lipinski definition) is 5. The summed E-state index contributed by atoms with van der Waals surface area (Å²) in [6, 6.07) is 6.34. The van der Waals surface area contributed by atoms with Gasteiger partial charge < -0.3 is 9.64 Å². The van der Waals surface area contributed by atoms with Crippen molar-refractivity contribution in [1.82, 2.24) is 4.90 Å². The van der Waals surface area contributed by atoms with Crippen molar-refractivity contribution in [3.05, 3.63) is 29.8 Å². The summed E-state index contributed by atoms with van der Waals surface area (Å²) >= 11 is 0. The number of nitrogens with zero attached hydrogens (tertiary/aromatic N) is 1. The number of amides is 1. The lowest BCUT2D eigenvalue weighted by molar-refractivity contribution is -0.140. The summed E-state index contributed by atoms with van der Waals surface area (Å²) in [5.74, 6) is 0.624. The molecular weight excluding hydrogens is 354 g/mol. The molecule has 26 heavy (non-hydrogen) atoms.